The maximum Gasteiger partial charge on any atom is 0.222 e. The lowest BCUT2D eigenvalue weighted by atomic mass is 10.0. The molecule has 0 aromatic heterocycles. The highest BCUT2D eigenvalue weighted by molar-refractivity contribution is 5.76. The first-order chi connectivity index (χ1) is 11.9. The SMILES string of the molecule is COCCN1C(C)CN(C(=O)CCCc2ccc(C)c(C)c2)CC1C. The summed E-state index contributed by atoms with van der Waals surface area (Å²) in [4.78, 5) is 17.1. The number of methoxy groups -OCH3 is 1. The van der Waals surface area contributed by atoms with Crippen LogP contribution in [0.1, 0.15) is 43.4 Å². The van der Waals surface area contributed by atoms with E-state index in [1.54, 1.807) is 7.11 Å². The Balaban J connectivity index is 1.80. The van der Waals surface area contributed by atoms with Crippen molar-refractivity contribution in [3.8, 4) is 0 Å². The Labute approximate surface area is 153 Å². The van der Waals surface area contributed by atoms with E-state index in [2.05, 4.69) is 55.7 Å². The average molecular weight is 347 g/mol. The quantitative estimate of drug-likeness (QED) is 0.760. The predicted molar refractivity (Wildman–Crippen MR) is 103 cm³/mol. The fraction of sp³-hybridized carbons (Fsp3) is 0.667. The molecule has 4 heteroatoms. The van der Waals surface area contributed by atoms with Gasteiger partial charge in [0, 0.05) is 45.2 Å². The number of rotatable bonds is 7. The fourth-order valence-corrected chi connectivity index (χ4v) is 3.76. The molecule has 2 atom stereocenters. The molecule has 140 valence electrons. The monoisotopic (exact) mass is 346 g/mol. The first-order valence-corrected chi connectivity index (χ1v) is 9.51. The summed E-state index contributed by atoms with van der Waals surface area (Å²) in [7, 11) is 1.74. The van der Waals surface area contributed by atoms with Gasteiger partial charge in [0.15, 0.2) is 0 Å². The van der Waals surface area contributed by atoms with Gasteiger partial charge in [-0.25, -0.2) is 0 Å². The molecule has 0 aliphatic carbocycles. The Bertz CT molecular complexity index is 561. The van der Waals surface area contributed by atoms with Crippen molar-refractivity contribution in [2.75, 3.05) is 33.4 Å². The van der Waals surface area contributed by atoms with E-state index < -0.39 is 0 Å². The van der Waals surface area contributed by atoms with Crippen LogP contribution in [0, 0.1) is 13.8 Å². The highest BCUT2D eigenvalue weighted by atomic mass is 16.5. The minimum Gasteiger partial charge on any atom is -0.383 e. The molecule has 4 nitrogen and oxygen atoms in total. The molecular weight excluding hydrogens is 312 g/mol. The van der Waals surface area contributed by atoms with Gasteiger partial charge in [-0.3, -0.25) is 9.69 Å². The molecule has 2 unspecified atom stereocenters. The third-order valence-electron chi connectivity index (χ3n) is 5.44. The number of hydrogen-bond donors (Lipinski definition) is 0. The van der Waals surface area contributed by atoms with Crippen molar-refractivity contribution in [1.29, 1.82) is 0 Å². The van der Waals surface area contributed by atoms with Crippen LogP contribution in [0.25, 0.3) is 0 Å². The molecule has 0 bridgehead atoms. The summed E-state index contributed by atoms with van der Waals surface area (Å²) in [5, 5.41) is 0. The smallest absolute Gasteiger partial charge is 0.222 e. The maximum atomic E-state index is 12.6. The van der Waals surface area contributed by atoms with E-state index in [1.807, 2.05) is 0 Å². The van der Waals surface area contributed by atoms with Crippen molar-refractivity contribution in [3.63, 3.8) is 0 Å². The number of carbonyl (C=O) groups excluding carboxylic acids is 1. The molecule has 0 N–H and O–H groups in total. The van der Waals surface area contributed by atoms with Crippen molar-refractivity contribution >= 4 is 5.91 Å². The molecule has 25 heavy (non-hydrogen) atoms. The zero-order chi connectivity index (χ0) is 18.4. The number of ether oxygens (including phenoxy) is 1. The Morgan fingerprint density at radius 2 is 1.84 bits per heavy atom. The van der Waals surface area contributed by atoms with Gasteiger partial charge >= 0.3 is 0 Å². The van der Waals surface area contributed by atoms with Crippen molar-refractivity contribution < 1.29 is 9.53 Å². The van der Waals surface area contributed by atoms with Crippen LogP contribution in [0.15, 0.2) is 18.2 Å². The molecule has 1 saturated heterocycles. The minimum absolute atomic E-state index is 0.300. The van der Waals surface area contributed by atoms with Gasteiger partial charge in [-0.05, 0) is 57.2 Å². The number of nitrogens with zero attached hydrogens (tertiary/aromatic N) is 2. The van der Waals surface area contributed by atoms with Gasteiger partial charge in [-0.15, -0.1) is 0 Å². The van der Waals surface area contributed by atoms with E-state index >= 15 is 0 Å². The highest BCUT2D eigenvalue weighted by Gasteiger charge is 2.31. The largest absolute Gasteiger partial charge is 0.383 e. The van der Waals surface area contributed by atoms with Crippen molar-refractivity contribution in [2.45, 2.75) is 59.0 Å². The molecule has 1 aliphatic rings. The number of aryl methyl sites for hydroxylation is 3. The van der Waals surface area contributed by atoms with Crippen LogP contribution in [0.4, 0.5) is 0 Å². The van der Waals surface area contributed by atoms with Crippen LogP contribution in [0.5, 0.6) is 0 Å². The molecule has 0 radical (unpaired) electrons. The summed E-state index contributed by atoms with van der Waals surface area (Å²) < 4.78 is 5.20. The summed E-state index contributed by atoms with van der Waals surface area (Å²) in [6.07, 6.45) is 2.55. The molecule has 0 spiro atoms. The molecule has 1 fully saturated rings. The van der Waals surface area contributed by atoms with Crippen LogP contribution in [0.2, 0.25) is 0 Å². The fourth-order valence-electron chi connectivity index (χ4n) is 3.76. The highest BCUT2D eigenvalue weighted by Crippen LogP contribution is 2.17. The molecule has 1 heterocycles. The normalized spacial score (nSPS) is 21.6. The first-order valence-electron chi connectivity index (χ1n) is 9.51. The first kappa shape index (κ1) is 19.9. The number of amides is 1. The standard InChI is InChI=1S/C21H34N2O2/c1-16-9-10-20(13-17(16)2)7-6-8-21(24)22-14-18(3)23(11-12-25-5)19(4)15-22/h9-10,13,18-19H,6-8,11-12,14-15H2,1-5H3. The van der Waals surface area contributed by atoms with Crippen molar-refractivity contribution in [1.82, 2.24) is 9.80 Å². The number of hydrogen-bond acceptors (Lipinski definition) is 3. The second kappa shape index (κ2) is 9.35. The third kappa shape index (κ3) is 5.55. The Morgan fingerprint density at radius 1 is 1.16 bits per heavy atom. The zero-order valence-corrected chi connectivity index (χ0v) is 16.5. The lowest BCUT2D eigenvalue weighted by Crippen LogP contribution is -2.58. The van der Waals surface area contributed by atoms with Gasteiger partial charge in [0.05, 0.1) is 6.61 Å². The second-order valence-electron chi connectivity index (χ2n) is 7.50. The summed E-state index contributed by atoms with van der Waals surface area (Å²) in [6.45, 7) is 12.0. The predicted octanol–water partition coefficient (Wildman–Crippen LogP) is 3.19. The van der Waals surface area contributed by atoms with E-state index in [0.29, 0.717) is 24.4 Å². The van der Waals surface area contributed by atoms with Crippen molar-refractivity contribution in [3.05, 3.63) is 34.9 Å². The zero-order valence-electron chi connectivity index (χ0n) is 16.5. The second-order valence-corrected chi connectivity index (χ2v) is 7.50. The van der Waals surface area contributed by atoms with Crippen LogP contribution in [0.3, 0.4) is 0 Å². The molecule has 1 amide bonds. The molecule has 1 aromatic carbocycles. The minimum atomic E-state index is 0.300. The van der Waals surface area contributed by atoms with E-state index in [-0.39, 0.29) is 0 Å². The number of carbonyl (C=O) groups is 1. The van der Waals surface area contributed by atoms with Gasteiger partial charge in [0.1, 0.15) is 0 Å². The van der Waals surface area contributed by atoms with Gasteiger partial charge in [-0.2, -0.15) is 0 Å². The van der Waals surface area contributed by atoms with Crippen LogP contribution in [-0.2, 0) is 16.0 Å². The number of piperazine rings is 1. The van der Waals surface area contributed by atoms with Gasteiger partial charge in [0.2, 0.25) is 5.91 Å². The average Bonchev–Trinajstić information content (AvgIpc) is 2.57. The van der Waals surface area contributed by atoms with E-state index in [0.717, 1.165) is 39.1 Å². The Hall–Kier alpha value is -1.39. The topological polar surface area (TPSA) is 32.8 Å². The van der Waals surface area contributed by atoms with Crippen LogP contribution < -0.4 is 0 Å². The van der Waals surface area contributed by atoms with Crippen LogP contribution >= 0.6 is 0 Å². The molecule has 1 aliphatic heterocycles. The van der Waals surface area contributed by atoms with Crippen LogP contribution in [-0.4, -0.2) is 61.1 Å². The summed E-state index contributed by atoms with van der Waals surface area (Å²) in [5.74, 6) is 0.300. The number of benzene rings is 1. The molecule has 0 saturated carbocycles. The third-order valence-corrected chi connectivity index (χ3v) is 5.44. The summed E-state index contributed by atoms with van der Waals surface area (Å²) in [6, 6.07) is 7.39. The lowest BCUT2D eigenvalue weighted by Gasteiger charge is -2.44. The Morgan fingerprint density at radius 3 is 2.44 bits per heavy atom. The van der Waals surface area contributed by atoms with E-state index in [4.69, 9.17) is 4.74 Å². The summed E-state index contributed by atoms with van der Waals surface area (Å²) >= 11 is 0. The van der Waals surface area contributed by atoms with E-state index in [1.165, 1.54) is 16.7 Å². The summed E-state index contributed by atoms with van der Waals surface area (Å²) in [5.41, 5.74) is 4.00. The molecule has 1 aromatic rings. The maximum absolute atomic E-state index is 12.6. The lowest BCUT2D eigenvalue weighted by molar-refractivity contribution is -0.135. The Kier molecular flexibility index (Phi) is 7.45. The molecule has 2 rings (SSSR count). The van der Waals surface area contributed by atoms with E-state index in [9.17, 15) is 4.79 Å². The van der Waals surface area contributed by atoms with Gasteiger partial charge < -0.3 is 9.64 Å². The van der Waals surface area contributed by atoms with Gasteiger partial charge in [-0.1, -0.05) is 18.2 Å². The van der Waals surface area contributed by atoms with Gasteiger partial charge in [0.25, 0.3) is 0 Å². The van der Waals surface area contributed by atoms with Crippen molar-refractivity contribution in [2.24, 2.45) is 0 Å². The molecular formula is C21H34N2O2.